The standard InChI is InChI=1S/C45H37N3/c1-30-22-24-38(43(26-30)48-40-19-8-5-16-36(40)37-17-6-9-20-41(37)48)35-15-4-3-14-34(35)32-23-25-44-45(2,28-32)39-18-7-10-21-42(39)47(44)33-13-11-12-31(27-33)29-46/h3-16,18-28,37,39,42,44H,17H2,1-2H3. The lowest BCUT2D eigenvalue weighted by atomic mass is 9.68. The summed E-state index contributed by atoms with van der Waals surface area (Å²) in [6, 6.07) is 35.6. The maximum Gasteiger partial charge on any atom is 0.0992 e. The van der Waals surface area contributed by atoms with E-state index in [1.807, 2.05) is 18.2 Å². The lowest BCUT2D eigenvalue weighted by molar-refractivity contribution is 0.345. The van der Waals surface area contributed by atoms with E-state index in [0.29, 0.717) is 17.4 Å². The molecule has 0 spiro atoms. The van der Waals surface area contributed by atoms with Crippen molar-refractivity contribution in [1.82, 2.24) is 0 Å². The second kappa shape index (κ2) is 11.0. The fourth-order valence-electron chi connectivity index (χ4n) is 8.97. The quantitative estimate of drug-likeness (QED) is 0.228. The Hall–Kier alpha value is -5.59. The Labute approximate surface area is 283 Å². The largest absolute Gasteiger partial charge is 0.357 e. The number of allylic oxidation sites excluding steroid dienone is 8. The number of hydrogen-bond donors (Lipinski definition) is 0. The van der Waals surface area contributed by atoms with Gasteiger partial charge in [-0.15, -0.1) is 0 Å². The molecule has 0 amide bonds. The van der Waals surface area contributed by atoms with Crippen LogP contribution in [0.4, 0.5) is 17.1 Å². The molecule has 1 fully saturated rings. The predicted octanol–water partition coefficient (Wildman–Crippen LogP) is 10.6. The van der Waals surface area contributed by atoms with E-state index >= 15 is 0 Å². The summed E-state index contributed by atoms with van der Waals surface area (Å²) in [6.45, 7) is 4.61. The van der Waals surface area contributed by atoms with Gasteiger partial charge in [0.05, 0.1) is 29.4 Å². The van der Waals surface area contributed by atoms with Crippen LogP contribution in [0.5, 0.6) is 0 Å². The zero-order valence-corrected chi connectivity index (χ0v) is 27.3. The fourth-order valence-corrected chi connectivity index (χ4v) is 8.97. The van der Waals surface area contributed by atoms with Crippen LogP contribution < -0.4 is 9.80 Å². The van der Waals surface area contributed by atoms with E-state index < -0.39 is 0 Å². The van der Waals surface area contributed by atoms with Crippen LogP contribution in [0.2, 0.25) is 0 Å². The maximum absolute atomic E-state index is 9.68. The summed E-state index contributed by atoms with van der Waals surface area (Å²) in [6.07, 6.45) is 24.2. The number of fused-ring (bicyclic) bond motifs is 6. The minimum atomic E-state index is -0.151. The van der Waals surface area contributed by atoms with Gasteiger partial charge < -0.3 is 9.80 Å². The monoisotopic (exact) mass is 619 g/mol. The summed E-state index contributed by atoms with van der Waals surface area (Å²) in [7, 11) is 0. The van der Waals surface area contributed by atoms with Gasteiger partial charge in [0.15, 0.2) is 0 Å². The van der Waals surface area contributed by atoms with Gasteiger partial charge in [-0.2, -0.15) is 5.26 Å². The van der Waals surface area contributed by atoms with Gasteiger partial charge in [0, 0.05) is 39.9 Å². The van der Waals surface area contributed by atoms with E-state index in [1.165, 1.54) is 50.5 Å². The minimum absolute atomic E-state index is 0.151. The van der Waals surface area contributed by atoms with Crippen molar-refractivity contribution < 1.29 is 0 Å². The highest BCUT2D eigenvalue weighted by molar-refractivity contribution is 5.94. The van der Waals surface area contributed by atoms with Crippen LogP contribution in [0.3, 0.4) is 0 Å². The van der Waals surface area contributed by atoms with Gasteiger partial charge in [-0.05, 0) is 77.6 Å². The molecule has 2 aliphatic heterocycles. The Bertz CT molecular complexity index is 2200. The van der Waals surface area contributed by atoms with Gasteiger partial charge in [-0.1, -0.05) is 122 Å². The predicted molar refractivity (Wildman–Crippen MR) is 198 cm³/mol. The molecule has 4 aromatic rings. The van der Waals surface area contributed by atoms with E-state index in [2.05, 4.69) is 163 Å². The van der Waals surface area contributed by atoms with Crippen LogP contribution in [-0.4, -0.2) is 12.1 Å². The summed E-state index contributed by atoms with van der Waals surface area (Å²) in [5, 5.41) is 9.68. The van der Waals surface area contributed by atoms with Gasteiger partial charge in [0.2, 0.25) is 0 Å². The average Bonchev–Trinajstić information content (AvgIpc) is 3.61. The Kier molecular flexibility index (Phi) is 6.56. The number of nitrogens with zero attached hydrogens (tertiary/aromatic N) is 3. The molecular formula is C45H37N3. The second-order valence-corrected chi connectivity index (χ2v) is 13.9. The molecular weight excluding hydrogens is 583 g/mol. The molecule has 3 nitrogen and oxygen atoms in total. The third-order valence-electron chi connectivity index (χ3n) is 11.1. The Balaban J connectivity index is 1.17. The molecule has 2 heterocycles. The van der Waals surface area contributed by atoms with Crippen LogP contribution in [0.1, 0.15) is 41.5 Å². The van der Waals surface area contributed by atoms with Crippen molar-refractivity contribution in [2.75, 3.05) is 9.80 Å². The molecule has 0 N–H and O–H groups in total. The van der Waals surface area contributed by atoms with E-state index in [0.717, 1.165) is 12.1 Å². The van der Waals surface area contributed by atoms with Gasteiger partial charge in [-0.25, -0.2) is 0 Å². The average molecular weight is 620 g/mol. The summed E-state index contributed by atoms with van der Waals surface area (Å²) in [4.78, 5) is 5.03. The highest BCUT2D eigenvalue weighted by Gasteiger charge is 2.54. The van der Waals surface area contributed by atoms with E-state index in [-0.39, 0.29) is 17.5 Å². The first-order valence-electron chi connectivity index (χ1n) is 17.1. The molecule has 232 valence electrons. The van der Waals surface area contributed by atoms with Crippen molar-refractivity contribution >= 4 is 22.6 Å². The zero-order chi connectivity index (χ0) is 32.4. The number of hydrogen-bond acceptors (Lipinski definition) is 3. The molecule has 4 aromatic carbocycles. The van der Waals surface area contributed by atoms with E-state index in [4.69, 9.17) is 0 Å². The molecule has 0 radical (unpaired) electrons. The number of rotatable bonds is 4. The summed E-state index contributed by atoms with van der Waals surface area (Å²) < 4.78 is 0. The SMILES string of the molecule is Cc1ccc(-c2ccccc2C2=CC3(C)C4C=CC=CC4N(c4cccc(C#N)c4)C3C=C2)c(N2C3=CC=CCC3c3ccccc32)c1. The molecule has 3 aliphatic carbocycles. The van der Waals surface area contributed by atoms with Crippen LogP contribution in [0.15, 0.2) is 157 Å². The lowest BCUT2D eigenvalue weighted by Crippen LogP contribution is -2.39. The number of benzene rings is 4. The zero-order valence-electron chi connectivity index (χ0n) is 27.3. The van der Waals surface area contributed by atoms with Crippen molar-refractivity contribution in [1.29, 1.82) is 5.26 Å². The first kappa shape index (κ1) is 28.6. The van der Waals surface area contributed by atoms with Crippen molar-refractivity contribution in [2.24, 2.45) is 11.3 Å². The molecule has 9 rings (SSSR count). The van der Waals surface area contributed by atoms with Crippen LogP contribution in [0.25, 0.3) is 16.7 Å². The number of nitriles is 1. The third kappa shape index (κ3) is 4.26. The molecule has 0 aromatic heterocycles. The van der Waals surface area contributed by atoms with Gasteiger partial charge in [-0.3, -0.25) is 0 Å². The molecule has 1 saturated heterocycles. The second-order valence-electron chi connectivity index (χ2n) is 13.9. The highest BCUT2D eigenvalue weighted by Crippen LogP contribution is 2.56. The molecule has 48 heavy (non-hydrogen) atoms. The van der Waals surface area contributed by atoms with Gasteiger partial charge in [0.1, 0.15) is 0 Å². The van der Waals surface area contributed by atoms with Crippen molar-refractivity contribution in [2.45, 2.75) is 38.3 Å². The highest BCUT2D eigenvalue weighted by atomic mass is 15.2. The number of para-hydroxylation sites is 1. The van der Waals surface area contributed by atoms with Crippen LogP contribution in [-0.2, 0) is 0 Å². The minimum Gasteiger partial charge on any atom is -0.357 e. The summed E-state index contributed by atoms with van der Waals surface area (Å²) in [5.41, 5.74) is 13.1. The molecule has 3 heteroatoms. The summed E-state index contributed by atoms with van der Waals surface area (Å²) >= 11 is 0. The van der Waals surface area contributed by atoms with Crippen LogP contribution in [0, 0.1) is 29.6 Å². The van der Waals surface area contributed by atoms with E-state index in [1.54, 1.807) is 0 Å². The molecule has 5 atom stereocenters. The van der Waals surface area contributed by atoms with E-state index in [9.17, 15) is 5.26 Å². The Morgan fingerprint density at radius 1 is 0.792 bits per heavy atom. The Morgan fingerprint density at radius 3 is 2.52 bits per heavy atom. The van der Waals surface area contributed by atoms with Gasteiger partial charge >= 0.3 is 0 Å². The summed E-state index contributed by atoms with van der Waals surface area (Å²) in [5.74, 6) is 0.671. The Morgan fingerprint density at radius 2 is 1.62 bits per heavy atom. The van der Waals surface area contributed by atoms with Crippen molar-refractivity contribution in [3.05, 3.63) is 180 Å². The molecule has 0 bridgehead atoms. The molecule has 5 aliphatic rings. The fraction of sp³-hybridized carbons (Fsp3) is 0.178. The van der Waals surface area contributed by atoms with Gasteiger partial charge in [0.25, 0.3) is 0 Å². The normalized spacial score (nSPS) is 25.9. The number of aryl methyl sites for hydroxylation is 1. The first-order chi connectivity index (χ1) is 23.5. The third-order valence-corrected chi connectivity index (χ3v) is 11.1. The maximum atomic E-state index is 9.68. The van der Waals surface area contributed by atoms with Crippen LogP contribution >= 0.6 is 0 Å². The smallest absolute Gasteiger partial charge is 0.0992 e. The molecule has 0 saturated carbocycles. The van der Waals surface area contributed by atoms with Crippen molar-refractivity contribution in [3.8, 4) is 17.2 Å². The topological polar surface area (TPSA) is 30.3 Å². The van der Waals surface area contributed by atoms with Crippen molar-refractivity contribution in [3.63, 3.8) is 0 Å². The number of anilines is 3. The lowest BCUT2D eigenvalue weighted by Gasteiger charge is -2.37. The molecule has 5 unspecified atom stereocenters. The first-order valence-corrected chi connectivity index (χ1v) is 17.1.